The van der Waals surface area contributed by atoms with Crippen LogP contribution in [-0.2, 0) is 4.79 Å². The number of hydrogen-bond donors (Lipinski definition) is 1. The lowest BCUT2D eigenvalue weighted by Crippen LogP contribution is -2.45. The number of aliphatic carboxylic acids is 1. The molecule has 0 bridgehead atoms. The Labute approximate surface area is 104 Å². The van der Waals surface area contributed by atoms with Gasteiger partial charge in [0.25, 0.3) is 0 Å². The number of aromatic nitrogens is 3. The van der Waals surface area contributed by atoms with Crippen molar-refractivity contribution >= 4 is 17.3 Å². The normalized spacial score (nSPS) is 20.2. The van der Waals surface area contributed by atoms with Gasteiger partial charge in [0.15, 0.2) is 5.82 Å². The quantitative estimate of drug-likeness (QED) is 0.861. The van der Waals surface area contributed by atoms with E-state index in [0.717, 1.165) is 24.9 Å². The van der Waals surface area contributed by atoms with Crippen molar-refractivity contribution < 1.29 is 9.90 Å². The van der Waals surface area contributed by atoms with Gasteiger partial charge >= 0.3 is 5.97 Å². The summed E-state index contributed by atoms with van der Waals surface area (Å²) in [6.45, 7) is 0.731. The molecule has 2 aromatic rings. The van der Waals surface area contributed by atoms with Gasteiger partial charge < -0.3 is 10.0 Å². The third kappa shape index (κ3) is 1.70. The van der Waals surface area contributed by atoms with Crippen molar-refractivity contribution in [3.63, 3.8) is 0 Å². The zero-order chi connectivity index (χ0) is 12.5. The molecule has 1 saturated heterocycles. The number of fused-ring (bicyclic) bond motifs is 1. The van der Waals surface area contributed by atoms with Crippen LogP contribution in [0, 0.1) is 0 Å². The Morgan fingerprint density at radius 1 is 1.39 bits per heavy atom. The summed E-state index contributed by atoms with van der Waals surface area (Å²) in [5, 5.41) is 13.4. The Kier molecular flexibility index (Phi) is 2.62. The second-order valence-corrected chi connectivity index (χ2v) is 4.46. The van der Waals surface area contributed by atoms with Gasteiger partial charge in [-0.1, -0.05) is 0 Å². The summed E-state index contributed by atoms with van der Waals surface area (Å²) in [7, 11) is 0. The molecule has 1 fully saturated rings. The fraction of sp³-hybridized carbons (Fsp3) is 0.417. The summed E-state index contributed by atoms with van der Waals surface area (Å²) in [5.74, 6) is -0.0693. The molecule has 18 heavy (non-hydrogen) atoms. The smallest absolute Gasteiger partial charge is 0.326 e. The molecule has 94 valence electrons. The van der Waals surface area contributed by atoms with Crippen LogP contribution in [0.4, 0.5) is 5.82 Å². The second-order valence-electron chi connectivity index (χ2n) is 4.46. The van der Waals surface area contributed by atoms with Crippen molar-refractivity contribution in [3.05, 3.63) is 24.7 Å². The van der Waals surface area contributed by atoms with E-state index < -0.39 is 12.0 Å². The van der Waals surface area contributed by atoms with E-state index in [-0.39, 0.29) is 0 Å². The Bertz CT molecular complexity index is 580. The molecule has 0 saturated carbocycles. The molecule has 1 unspecified atom stereocenters. The predicted molar refractivity (Wildman–Crippen MR) is 65.6 cm³/mol. The summed E-state index contributed by atoms with van der Waals surface area (Å²) in [6, 6.07) is 1.38. The molecule has 0 amide bonds. The topological polar surface area (TPSA) is 70.7 Å². The Morgan fingerprint density at radius 2 is 2.28 bits per heavy atom. The van der Waals surface area contributed by atoms with Crippen LogP contribution in [-0.4, -0.2) is 38.3 Å². The monoisotopic (exact) mass is 246 g/mol. The highest BCUT2D eigenvalue weighted by atomic mass is 16.4. The highest BCUT2D eigenvalue weighted by Gasteiger charge is 2.30. The molecule has 1 aliphatic heterocycles. The van der Waals surface area contributed by atoms with Gasteiger partial charge in [-0.3, -0.25) is 0 Å². The molecular weight excluding hydrogens is 232 g/mol. The summed E-state index contributed by atoms with van der Waals surface area (Å²) < 4.78 is 1.72. The largest absolute Gasteiger partial charge is 0.480 e. The van der Waals surface area contributed by atoms with E-state index in [1.807, 2.05) is 11.0 Å². The molecule has 1 N–H and O–H groups in total. The van der Waals surface area contributed by atoms with Crippen molar-refractivity contribution in [1.82, 2.24) is 14.6 Å². The maximum Gasteiger partial charge on any atom is 0.326 e. The van der Waals surface area contributed by atoms with E-state index in [4.69, 9.17) is 0 Å². The van der Waals surface area contributed by atoms with Crippen LogP contribution >= 0.6 is 0 Å². The highest BCUT2D eigenvalue weighted by Crippen LogP contribution is 2.26. The predicted octanol–water partition coefficient (Wildman–Crippen LogP) is 1.17. The van der Waals surface area contributed by atoms with Crippen LogP contribution in [0.2, 0.25) is 0 Å². The lowest BCUT2D eigenvalue weighted by atomic mass is 10.0. The highest BCUT2D eigenvalue weighted by molar-refractivity contribution is 5.81. The lowest BCUT2D eigenvalue weighted by Gasteiger charge is -2.34. The number of rotatable bonds is 2. The van der Waals surface area contributed by atoms with Crippen molar-refractivity contribution in [2.75, 3.05) is 11.4 Å². The first-order chi connectivity index (χ1) is 8.77. The maximum absolute atomic E-state index is 11.3. The molecular formula is C12H14N4O2. The molecule has 3 rings (SSSR count). The van der Waals surface area contributed by atoms with E-state index in [0.29, 0.717) is 12.2 Å². The molecule has 0 aromatic carbocycles. The van der Waals surface area contributed by atoms with E-state index in [9.17, 15) is 9.90 Å². The van der Waals surface area contributed by atoms with Crippen LogP contribution < -0.4 is 4.90 Å². The first kappa shape index (κ1) is 11.0. The second kappa shape index (κ2) is 4.29. The van der Waals surface area contributed by atoms with Gasteiger partial charge in [0.1, 0.15) is 11.6 Å². The van der Waals surface area contributed by atoms with Crippen LogP contribution in [0.5, 0.6) is 0 Å². The van der Waals surface area contributed by atoms with Crippen LogP contribution in [0.25, 0.3) is 5.52 Å². The van der Waals surface area contributed by atoms with Crippen molar-refractivity contribution in [1.29, 1.82) is 0 Å². The average molecular weight is 246 g/mol. The number of carbonyl (C=O) groups is 1. The van der Waals surface area contributed by atoms with Crippen molar-refractivity contribution in [2.45, 2.75) is 25.3 Å². The molecule has 0 aliphatic carbocycles. The standard InChI is InChI=1S/C12H14N4O2/c17-12(18)10-3-1-2-7-15(10)11-9-4-5-14-16(9)8-6-13-11/h4-6,8,10H,1-3,7H2,(H,17,18). The van der Waals surface area contributed by atoms with E-state index in [1.165, 1.54) is 0 Å². The molecule has 6 heteroatoms. The number of piperidine rings is 1. The number of nitrogens with zero attached hydrogens (tertiary/aromatic N) is 4. The Hall–Kier alpha value is -2.11. The molecule has 1 aliphatic rings. The molecule has 0 radical (unpaired) electrons. The lowest BCUT2D eigenvalue weighted by molar-refractivity contribution is -0.139. The third-order valence-corrected chi connectivity index (χ3v) is 3.36. The van der Waals surface area contributed by atoms with Crippen molar-refractivity contribution in [2.24, 2.45) is 0 Å². The fourth-order valence-electron chi connectivity index (χ4n) is 2.51. The van der Waals surface area contributed by atoms with Gasteiger partial charge in [-0.15, -0.1) is 0 Å². The first-order valence-electron chi connectivity index (χ1n) is 6.05. The molecule has 0 spiro atoms. The minimum absolute atomic E-state index is 0.479. The number of anilines is 1. The van der Waals surface area contributed by atoms with Crippen LogP contribution in [0.15, 0.2) is 24.7 Å². The number of hydrogen-bond acceptors (Lipinski definition) is 4. The van der Waals surface area contributed by atoms with Gasteiger partial charge in [0.05, 0.1) is 6.20 Å². The molecule has 3 heterocycles. The molecule has 1 atom stereocenters. The summed E-state index contributed by atoms with van der Waals surface area (Å²) in [4.78, 5) is 17.5. The maximum atomic E-state index is 11.3. The van der Waals surface area contributed by atoms with Crippen molar-refractivity contribution in [3.8, 4) is 0 Å². The summed E-state index contributed by atoms with van der Waals surface area (Å²) in [5.41, 5.74) is 0.852. The fourth-order valence-corrected chi connectivity index (χ4v) is 2.51. The Balaban J connectivity index is 2.06. The van der Waals surface area contributed by atoms with Gasteiger partial charge in [0, 0.05) is 18.9 Å². The van der Waals surface area contributed by atoms with Gasteiger partial charge in [-0.2, -0.15) is 5.10 Å². The van der Waals surface area contributed by atoms with E-state index in [2.05, 4.69) is 10.1 Å². The van der Waals surface area contributed by atoms with E-state index >= 15 is 0 Å². The third-order valence-electron chi connectivity index (χ3n) is 3.36. The van der Waals surface area contributed by atoms with Gasteiger partial charge in [-0.05, 0) is 25.3 Å². The van der Waals surface area contributed by atoms with Gasteiger partial charge in [0.2, 0.25) is 0 Å². The first-order valence-corrected chi connectivity index (χ1v) is 6.05. The zero-order valence-electron chi connectivity index (χ0n) is 9.86. The summed E-state index contributed by atoms with van der Waals surface area (Å²) >= 11 is 0. The van der Waals surface area contributed by atoms with Gasteiger partial charge in [-0.25, -0.2) is 14.3 Å². The summed E-state index contributed by atoms with van der Waals surface area (Å²) in [6.07, 6.45) is 7.74. The zero-order valence-corrected chi connectivity index (χ0v) is 9.86. The van der Waals surface area contributed by atoms with E-state index in [1.54, 1.807) is 23.1 Å². The Morgan fingerprint density at radius 3 is 3.11 bits per heavy atom. The minimum Gasteiger partial charge on any atom is -0.480 e. The molecule has 2 aromatic heterocycles. The average Bonchev–Trinajstić information content (AvgIpc) is 2.86. The SMILES string of the molecule is O=C(O)C1CCCCN1c1nccn2nccc12. The number of carboxylic acid groups (broad SMARTS) is 1. The molecule has 6 nitrogen and oxygen atoms in total. The van der Waals surface area contributed by atoms with Crippen LogP contribution in [0.3, 0.4) is 0 Å². The van der Waals surface area contributed by atoms with Crippen LogP contribution in [0.1, 0.15) is 19.3 Å². The number of carboxylic acids is 1. The minimum atomic E-state index is -0.780.